The minimum atomic E-state index is -0.128. The van der Waals surface area contributed by atoms with Crippen LogP contribution in [0.2, 0.25) is 0 Å². The van der Waals surface area contributed by atoms with Crippen molar-refractivity contribution in [3.8, 4) is 0 Å². The van der Waals surface area contributed by atoms with Crippen LogP contribution in [0, 0.1) is 6.92 Å². The largest absolute Gasteiger partial charge is 0.350 e. The van der Waals surface area contributed by atoms with Gasteiger partial charge in [0.2, 0.25) is 5.91 Å². The molecule has 0 spiro atoms. The fraction of sp³-hybridized carbons (Fsp3) is 0.474. The highest BCUT2D eigenvalue weighted by atomic mass is 32.1. The first-order valence-electron chi connectivity index (χ1n) is 8.84. The fourth-order valence-electron chi connectivity index (χ4n) is 3.23. The van der Waals surface area contributed by atoms with E-state index in [9.17, 15) is 9.59 Å². The van der Waals surface area contributed by atoms with Gasteiger partial charge in [0.05, 0.1) is 0 Å². The summed E-state index contributed by atoms with van der Waals surface area (Å²) < 4.78 is 1.51. The molecule has 0 atom stereocenters. The topological polar surface area (TPSA) is 54.3 Å². The number of aromatic nitrogens is 1. The van der Waals surface area contributed by atoms with Crippen LogP contribution < -0.4 is 10.2 Å². The van der Waals surface area contributed by atoms with E-state index >= 15 is 0 Å². The molecule has 2 heterocycles. The maximum absolute atomic E-state index is 12.2. The molecule has 0 saturated carbocycles. The maximum Gasteiger partial charge on any atom is 0.307 e. The number of carbonyl (C=O) groups excluding carboxylic acids is 1. The molecule has 0 bridgehead atoms. The first-order chi connectivity index (χ1) is 12.1. The molecule has 1 aliphatic rings. The highest BCUT2D eigenvalue weighted by Crippen LogP contribution is 2.16. The van der Waals surface area contributed by atoms with Crippen LogP contribution in [0.5, 0.6) is 0 Å². The Bertz CT molecular complexity index is 775. The van der Waals surface area contributed by atoms with Crippen LogP contribution in [0.1, 0.15) is 36.1 Å². The minimum Gasteiger partial charge on any atom is -0.350 e. The molecule has 1 amide bonds. The minimum absolute atomic E-state index is 0.0850. The zero-order valence-corrected chi connectivity index (χ0v) is 15.5. The summed E-state index contributed by atoms with van der Waals surface area (Å²) in [6.07, 6.45) is 3.87. The third kappa shape index (κ3) is 4.80. The molecule has 0 aliphatic carbocycles. The van der Waals surface area contributed by atoms with Gasteiger partial charge in [-0.15, -0.1) is 0 Å². The van der Waals surface area contributed by atoms with E-state index < -0.39 is 0 Å². The third-order valence-electron chi connectivity index (χ3n) is 4.72. The van der Waals surface area contributed by atoms with Crippen molar-refractivity contribution in [1.82, 2.24) is 14.8 Å². The molecule has 5 nitrogen and oxygen atoms in total. The Morgan fingerprint density at radius 2 is 1.88 bits per heavy atom. The second-order valence-corrected chi connectivity index (χ2v) is 7.43. The lowest BCUT2D eigenvalue weighted by atomic mass is 10.0. The first kappa shape index (κ1) is 17.9. The van der Waals surface area contributed by atoms with Gasteiger partial charge in [0, 0.05) is 24.2 Å². The number of benzene rings is 1. The average Bonchev–Trinajstić information content (AvgIpc) is 2.94. The lowest BCUT2D eigenvalue weighted by Gasteiger charge is -2.27. The van der Waals surface area contributed by atoms with Gasteiger partial charge in [-0.3, -0.25) is 19.1 Å². The monoisotopic (exact) mass is 359 g/mol. The molecule has 1 aromatic heterocycles. The number of rotatable bonds is 6. The molecule has 1 saturated heterocycles. The molecule has 1 aliphatic heterocycles. The molecular formula is C19H25N3O2S. The predicted octanol–water partition coefficient (Wildman–Crippen LogP) is 2.52. The number of piperidine rings is 1. The van der Waals surface area contributed by atoms with Crippen LogP contribution in [0.4, 0.5) is 0 Å². The second kappa shape index (κ2) is 8.45. The van der Waals surface area contributed by atoms with Gasteiger partial charge >= 0.3 is 4.87 Å². The number of likely N-dealkylation sites (tertiary alicyclic amines) is 1. The van der Waals surface area contributed by atoms with Crippen molar-refractivity contribution in [2.24, 2.45) is 0 Å². The van der Waals surface area contributed by atoms with Gasteiger partial charge in [0.25, 0.3) is 0 Å². The number of hydrogen-bond acceptors (Lipinski definition) is 4. The summed E-state index contributed by atoms with van der Waals surface area (Å²) in [5.74, 6) is -0.128. The van der Waals surface area contributed by atoms with Crippen LogP contribution in [-0.2, 0) is 24.4 Å². The summed E-state index contributed by atoms with van der Waals surface area (Å²) in [5, 5.41) is 4.74. The Labute approximate surface area is 152 Å². The first-order valence-corrected chi connectivity index (χ1v) is 9.72. The quantitative estimate of drug-likeness (QED) is 0.862. The maximum atomic E-state index is 12.2. The second-order valence-electron chi connectivity index (χ2n) is 6.61. The molecule has 0 radical (unpaired) electrons. The Balaban J connectivity index is 1.59. The van der Waals surface area contributed by atoms with Gasteiger partial charge in [-0.05, 0) is 44.0 Å². The molecule has 3 rings (SSSR count). The highest BCUT2D eigenvalue weighted by molar-refractivity contribution is 7.07. The van der Waals surface area contributed by atoms with Crippen LogP contribution in [0.15, 0.2) is 34.4 Å². The molecule has 1 N–H and O–H groups in total. The van der Waals surface area contributed by atoms with E-state index in [1.807, 2.05) is 13.0 Å². The lowest BCUT2D eigenvalue weighted by Crippen LogP contribution is -2.32. The molecular weight excluding hydrogens is 334 g/mol. The summed E-state index contributed by atoms with van der Waals surface area (Å²) in [6, 6.07) is 8.28. The van der Waals surface area contributed by atoms with Gasteiger partial charge < -0.3 is 5.32 Å². The SMILES string of the molecule is Cc1csc(=O)n1CC(=O)NCc1ccccc1CN1CCCCC1. The number of nitrogens with zero attached hydrogens (tertiary/aromatic N) is 2. The molecule has 1 fully saturated rings. The molecule has 2 aromatic rings. The van der Waals surface area contributed by atoms with Crippen molar-refractivity contribution in [1.29, 1.82) is 0 Å². The summed E-state index contributed by atoms with van der Waals surface area (Å²) in [5.41, 5.74) is 3.25. The summed E-state index contributed by atoms with van der Waals surface area (Å²) in [6.45, 7) is 5.68. The van der Waals surface area contributed by atoms with Gasteiger partial charge in [0.1, 0.15) is 6.54 Å². The van der Waals surface area contributed by atoms with E-state index in [0.29, 0.717) is 6.54 Å². The molecule has 6 heteroatoms. The number of thiazole rings is 1. The molecule has 134 valence electrons. The van der Waals surface area contributed by atoms with Crippen LogP contribution in [0.25, 0.3) is 0 Å². The Hall–Kier alpha value is -1.92. The van der Waals surface area contributed by atoms with Crippen molar-refractivity contribution < 1.29 is 4.79 Å². The smallest absolute Gasteiger partial charge is 0.307 e. The van der Waals surface area contributed by atoms with E-state index in [2.05, 4.69) is 28.4 Å². The van der Waals surface area contributed by atoms with E-state index in [0.717, 1.165) is 42.2 Å². The van der Waals surface area contributed by atoms with Gasteiger partial charge in [-0.1, -0.05) is 42.0 Å². The van der Waals surface area contributed by atoms with Crippen molar-refractivity contribution in [2.45, 2.75) is 45.8 Å². The summed E-state index contributed by atoms with van der Waals surface area (Å²) >= 11 is 1.13. The van der Waals surface area contributed by atoms with E-state index in [4.69, 9.17) is 0 Å². The van der Waals surface area contributed by atoms with Crippen molar-refractivity contribution >= 4 is 17.2 Å². The van der Waals surface area contributed by atoms with E-state index in [1.165, 1.54) is 29.4 Å². The van der Waals surface area contributed by atoms with Crippen molar-refractivity contribution in [3.05, 3.63) is 56.1 Å². The van der Waals surface area contributed by atoms with Crippen molar-refractivity contribution in [2.75, 3.05) is 13.1 Å². The zero-order chi connectivity index (χ0) is 17.6. The van der Waals surface area contributed by atoms with Gasteiger partial charge in [-0.25, -0.2) is 0 Å². The van der Waals surface area contributed by atoms with E-state index in [1.54, 1.807) is 5.38 Å². The summed E-state index contributed by atoms with van der Waals surface area (Å²) in [4.78, 5) is 26.3. The van der Waals surface area contributed by atoms with E-state index in [-0.39, 0.29) is 17.3 Å². The normalized spacial score (nSPS) is 15.2. The predicted molar refractivity (Wildman–Crippen MR) is 101 cm³/mol. The van der Waals surface area contributed by atoms with Crippen LogP contribution in [0.3, 0.4) is 0 Å². The summed E-state index contributed by atoms with van der Waals surface area (Å²) in [7, 11) is 0. The number of nitrogens with one attached hydrogen (secondary N) is 1. The molecule has 1 aromatic carbocycles. The van der Waals surface area contributed by atoms with Crippen LogP contribution >= 0.6 is 11.3 Å². The Kier molecular flexibility index (Phi) is 6.04. The van der Waals surface area contributed by atoms with Crippen LogP contribution in [-0.4, -0.2) is 28.5 Å². The standard InChI is InChI=1S/C19H25N3O2S/c1-15-14-25-19(24)22(15)13-18(23)20-11-16-7-3-4-8-17(16)12-21-9-5-2-6-10-21/h3-4,7-8,14H,2,5-6,9-13H2,1H3,(H,20,23). The molecule has 0 unspecified atom stereocenters. The number of hydrogen-bond donors (Lipinski definition) is 1. The number of aryl methyl sites for hydroxylation is 1. The van der Waals surface area contributed by atoms with Crippen molar-refractivity contribution in [3.63, 3.8) is 0 Å². The Morgan fingerprint density at radius 1 is 1.16 bits per heavy atom. The number of amides is 1. The van der Waals surface area contributed by atoms with Gasteiger partial charge in [0.15, 0.2) is 0 Å². The fourth-order valence-corrected chi connectivity index (χ4v) is 3.97. The molecule has 25 heavy (non-hydrogen) atoms. The third-order valence-corrected chi connectivity index (χ3v) is 5.60. The average molecular weight is 359 g/mol. The lowest BCUT2D eigenvalue weighted by molar-refractivity contribution is -0.121. The zero-order valence-electron chi connectivity index (χ0n) is 14.7. The Morgan fingerprint density at radius 3 is 2.56 bits per heavy atom. The highest BCUT2D eigenvalue weighted by Gasteiger charge is 2.13. The van der Waals surface area contributed by atoms with Gasteiger partial charge in [-0.2, -0.15) is 0 Å². The number of carbonyl (C=O) groups is 1.